The van der Waals surface area contributed by atoms with Crippen LogP contribution in [0.5, 0.6) is 0 Å². The summed E-state index contributed by atoms with van der Waals surface area (Å²) in [6.45, 7) is 12.4. The number of allylic oxidation sites excluding steroid dienone is 1. The molecule has 0 unspecified atom stereocenters. The van der Waals surface area contributed by atoms with Crippen molar-refractivity contribution in [3.63, 3.8) is 0 Å². The average molecular weight is 262 g/mol. The van der Waals surface area contributed by atoms with Crippen molar-refractivity contribution in [3.8, 4) is 0 Å². The van der Waals surface area contributed by atoms with Gasteiger partial charge < -0.3 is 5.11 Å². The monoisotopic (exact) mass is 262 g/mol. The minimum Gasteiger partial charge on any atom is -0.481 e. The van der Waals surface area contributed by atoms with E-state index < -0.39 is 11.4 Å². The van der Waals surface area contributed by atoms with Crippen LogP contribution in [-0.4, -0.2) is 16.9 Å². The second-order valence-electron chi connectivity index (χ2n) is 5.37. The molecule has 0 aliphatic carbocycles. The molecule has 1 aromatic rings. The van der Waals surface area contributed by atoms with Crippen LogP contribution in [0.1, 0.15) is 42.3 Å². The molecule has 0 fully saturated rings. The Labute approximate surface area is 115 Å². The van der Waals surface area contributed by atoms with Crippen LogP contribution >= 0.6 is 0 Å². The molecule has 0 heterocycles. The number of aryl methyl sites for hydroxylation is 1. The zero-order chi connectivity index (χ0) is 15.2. The number of aliphatic carboxylic acids is 1. The van der Waals surface area contributed by atoms with Gasteiger partial charge in [0, 0.05) is 5.56 Å². The molecule has 0 spiro atoms. The van der Waals surface area contributed by atoms with Crippen molar-refractivity contribution in [3.05, 3.63) is 47.5 Å². The van der Waals surface area contributed by atoms with Gasteiger partial charge in [0.1, 0.15) is 0 Å². The highest BCUT2D eigenvalue weighted by Crippen LogP contribution is 2.13. The molecule has 0 bridgehead atoms. The Kier molecular flexibility index (Phi) is 6.19. The van der Waals surface area contributed by atoms with E-state index in [1.807, 2.05) is 32.0 Å². The molecule has 0 saturated heterocycles. The Morgan fingerprint density at radius 1 is 1.21 bits per heavy atom. The Morgan fingerprint density at radius 3 is 2.05 bits per heavy atom. The van der Waals surface area contributed by atoms with E-state index in [0.29, 0.717) is 0 Å². The summed E-state index contributed by atoms with van der Waals surface area (Å²) in [6, 6.07) is 5.71. The molecule has 0 aliphatic rings. The molecular weight excluding hydrogens is 240 g/mol. The van der Waals surface area contributed by atoms with E-state index >= 15 is 0 Å². The third-order valence-electron chi connectivity index (χ3n) is 2.70. The van der Waals surface area contributed by atoms with E-state index in [1.165, 1.54) is 6.08 Å². The fourth-order valence-corrected chi connectivity index (χ4v) is 1.13. The van der Waals surface area contributed by atoms with Crippen LogP contribution in [0.25, 0.3) is 0 Å². The second-order valence-corrected chi connectivity index (χ2v) is 5.37. The lowest BCUT2D eigenvalue weighted by atomic mass is 9.98. The summed E-state index contributed by atoms with van der Waals surface area (Å²) in [7, 11) is 0. The predicted molar refractivity (Wildman–Crippen MR) is 77.5 cm³/mol. The molecule has 1 aromatic carbocycles. The van der Waals surface area contributed by atoms with Gasteiger partial charge in [-0.15, -0.1) is 0 Å². The van der Waals surface area contributed by atoms with E-state index in [2.05, 4.69) is 6.58 Å². The summed E-state index contributed by atoms with van der Waals surface area (Å²) in [5.41, 5.74) is 2.36. The van der Waals surface area contributed by atoms with E-state index in [4.69, 9.17) is 5.11 Å². The number of hydrogen-bond acceptors (Lipinski definition) is 2. The zero-order valence-electron chi connectivity index (χ0n) is 12.3. The van der Waals surface area contributed by atoms with Crippen molar-refractivity contribution in [2.45, 2.75) is 34.6 Å². The third-order valence-corrected chi connectivity index (χ3v) is 2.70. The molecule has 19 heavy (non-hydrogen) atoms. The van der Waals surface area contributed by atoms with E-state index in [0.717, 1.165) is 16.7 Å². The minimum absolute atomic E-state index is 0.00352. The lowest BCUT2D eigenvalue weighted by Gasteiger charge is -2.08. The van der Waals surface area contributed by atoms with Crippen LogP contribution < -0.4 is 0 Å². The van der Waals surface area contributed by atoms with Crippen LogP contribution in [0.15, 0.2) is 30.9 Å². The topological polar surface area (TPSA) is 54.4 Å². The Bertz CT molecular complexity index is 479. The molecule has 1 rings (SSSR count). The predicted octanol–water partition coefficient (Wildman–Crippen LogP) is 3.79. The van der Waals surface area contributed by atoms with Crippen molar-refractivity contribution >= 4 is 11.8 Å². The molecule has 0 aromatic heterocycles. The van der Waals surface area contributed by atoms with Gasteiger partial charge in [-0.25, -0.2) is 0 Å². The largest absolute Gasteiger partial charge is 0.481 e. The van der Waals surface area contributed by atoms with Crippen molar-refractivity contribution in [2.24, 2.45) is 5.41 Å². The summed E-state index contributed by atoms with van der Waals surface area (Å²) in [5, 5.41) is 8.25. The molecular formula is C16H22O3. The number of carboxylic acid groups (broad SMARTS) is 1. The molecule has 0 saturated carbocycles. The van der Waals surface area contributed by atoms with Crippen LogP contribution in [0.2, 0.25) is 0 Å². The summed E-state index contributed by atoms with van der Waals surface area (Å²) in [4.78, 5) is 21.3. The number of carbonyl (C=O) groups is 2. The first-order chi connectivity index (χ1) is 8.61. The quantitative estimate of drug-likeness (QED) is 0.651. The smallest absolute Gasteiger partial charge is 0.308 e. The molecule has 3 nitrogen and oxygen atoms in total. The number of carbonyl (C=O) groups excluding carboxylic acids is 1. The summed E-state index contributed by atoms with van der Waals surface area (Å²) in [6.07, 6.45) is 1.35. The Balaban J connectivity index is 0.000000399. The molecule has 1 N–H and O–H groups in total. The van der Waals surface area contributed by atoms with Crippen molar-refractivity contribution in [1.29, 1.82) is 0 Å². The van der Waals surface area contributed by atoms with Crippen LogP contribution in [0.4, 0.5) is 0 Å². The maximum atomic E-state index is 11.3. The van der Waals surface area contributed by atoms with Crippen LogP contribution in [-0.2, 0) is 4.79 Å². The van der Waals surface area contributed by atoms with Crippen molar-refractivity contribution in [2.75, 3.05) is 0 Å². The molecule has 3 heteroatoms. The second kappa shape index (κ2) is 6.88. The van der Waals surface area contributed by atoms with Gasteiger partial charge in [0.05, 0.1) is 5.41 Å². The van der Waals surface area contributed by atoms with Gasteiger partial charge in [-0.05, 0) is 51.8 Å². The van der Waals surface area contributed by atoms with Gasteiger partial charge in [-0.3, -0.25) is 9.59 Å². The highest BCUT2D eigenvalue weighted by atomic mass is 16.4. The molecule has 0 atom stereocenters. The minimum atomic E-state index is -0.757. The first kappa shape index (κ1) is 17.1. The first-order valence-electron chi connectivity index (χ1n) is 6.07. The molecule has 0 amide bonds. The van der Waals surface area contributed by atoms with E-state index in [-0.39, 0.29) is 5.78 Å². The maximum absolute atomic E-state index is 11.3. The zero-order valence-corrected chi connectivity index (χ0v) is 12.3. The third kappa shape index (κ3) is 5.51. The number of carboxylic acids is 1. The lowest BCUT2D eigenvalue weighted by Crippen LogP contribution is -2.18. The highest BCUT2D eigenvalue weighted by molar-refractivity contribution is 6.05. The van der Waals surface area contributed by atoms with Gasteiger partial charge >= 0.3 is 5.97 Å². The number of rotatable bonds is 2. The summed E-state index contributed by atoms with van der Waals surface area (Å²) >= 11 is 0. The summed E-state index contributed by atoms with van der Waals surface area (Å²) in [5.74, 6) is -0.760. The normalized spacial score (nSPS) is 10.2. The fraction of sp³-hybridized carbons (Fsp3) is 0.375. The number of hydrogen-bond donors (Lipinski definition) is 1. The van der Waals surface area contributed by atoms with Gasteiger partial charge in [0.15, 0.2) is 5.78 Å². The maximum Gasteiger partial charge on any atom is 0.308 e. The Morgan fingerprint density at radius 2 is 1.68 bits per heavy atom. The number of benzene rings is 1. The molecule has 0 radical (unpaired) electrons. The van der Waals surface area contributed by atoms with E-state index in [1.54, 1.807) is 20.8 Å². The summed E-state index contributed by atoms with van der Waals surface area (Å²) < 4.78 is 0. The highest BCUT2D eigenvalue weighted by Gasteiger charge is 2.18. The van der Waals surface area contributed by atoms with Crippen LogP contribution in [0.3, 0.4) is 0 Å². The lowest BCUT2D eigenvalue weighted by molar-refractivity contribution is -0.145. The van der Waals surface area contributed by atoms with Gasteiger partial charge in [0.25, 0.3) is 0 Å². The van der Waals surface area contributed by atoms with Gasteiger partial charge in [0.2, 0.25) is 0 Å². The standard InChI is InChI=1S/C11H12O.C5H10O2/c1-4-11(12)10-7-5-6-8(2)9(10)3;1-5(2,3)4(6)7/h4-7H,1H2,2-3H3;1-3H3,(H,6,7). The van der Waals surface area contributed by atoms with Crippen molar-refractivity contribution in [1.82, 2.24) is 0 Å². The first-order valence-corrected chi connectivity index (χ1v) is 6.07. The molecule has 0 aliphatic heterocycles. The van der Waals surface area contributed by atoms with Gasteiger partial charge in [-0.1, -0.05) is 24.8 Å². The van der Waals surface area contributed by atoms with Crippen LogP contribution in [0, 0.1) is 19.3 Å². The van der Waals surface area contributed by atoms with E-state index in [9.17, 15) is 9.59 Å². The van der Waals surface area contributed by atoms with Gasteiger partial charge in [-0.2, -0.15) is 0 Å². The Hall–Kier alpha value is -1.90. The SMILES string of the molecule is C=CC(=O)c1cccc(C)c1C.CC(C)(C)C(=O)O. The van der Waals surface area contributed by atoms with Crippen molar-refractivity contribution < 1.29 is 14.7 Å². The fourth-order valence-electron chi connectivity index (χ4n) is 1.13. The molecule has 104 valence electrons. The number of ketones is 1. The average Bonchev–Trinajstić information content (AvgIpc) is 2.31.